The van der Waals surface area contributed by atoms with Crippen LogP contribution in [0.1, 0.15) is 37.3 Å². The van der Waals surface area contributed by atoms with E-state index in [4.69, 9.17) is 0 Å². The van der Waals surface area contributed by atoms with Crippen LogP contribution in [0.25, 0.3) is 0 Å². The van der Waals surface area contributed by atoms with E-state index in [0.29, 0.717) is 5.56 Å². The van der Waals surface area contributed by atoms with Gasteiger partial charge in [-0.2, -0.15) is 0 Å². The topological polar surface area (TPSA) is 66.4 Å². The van der Waals surface area contributed by atoms with E-state index >= 15 is 0 Å². The second kappa shape index (κ2) is 8.08. The molecule has 2 atom stereocenters. The highest BCUT2D eigenvalue weighted by Crippen LogP contribution is 2.29. The third-order valence-electron chi connectivity index (χ3n) is 4.73. The van der Waals surface area contributed by atoms with Crippen molar-refractivity contribution in [2.45, 2.75) is 31.6 Å². The zero-order valence-corrected chi connectivity index (χ0v) is 14.6. The van der Waals surface area contributed by atoms with Crippen LogP contribution in [0, 0.1) is 11.6 Å². The summed E-state index contributed by atoms with van der Waals surface area (Å²) in [5.41, 5.74) is -1.09. The molecule has 0 saturated carbocycles. The van der Waals surface area contributed by atoms with Crippen LogP contribution in [0.4, 0.5) is 8.78 Å². The molecule has 0 aromatic heterocycles. The van der Waals surface area contributed by atoms with E-state index in [9.17, 15) is 23.5 Å². The van der Waals surface area contributed by atoms with Gasteiger partial charge in [0.05, 0.1) is 5.92 Å². The maximum absolute atomic E-state index is 13.9. The van der Waals surface area contributed by atoms with Gasteiger partial charge in [0, 0.05) is 12.1 Å². The summed E-state index contributed by atoms with van der Waals surface area (Å²) in [4.78, 5) is 24.4. The van der Waals surface area contributed by atoms with Crippen LogP contribution in [-0.2, 0) is 15.0 Å². The molecule has 0 fully saturated rings. The van der Waals surface area contributed by atoms with Crippen LogP contribution >= 0.6 is 0 Å². The number of hydrogen-bond donors (Lipinski definition) is 2. The Morgan fingerprint density at radius 1 is 1.08 bits per heavy atom. The first kappa shape index (κ1) is 19.6. The van der Waals surface area contributed by atoms with Crippen molar-refractivity contribution in [1.29, 1.82) is 0 Å². The van der Waals surface area contributed by atoms with Gasteiger partial charge in [-0.1, -0.05) is 43.3 Å². The monoisotopic (exact) mass is 361 g/mol. The predicted molar refractivity (Wildman–Crippen MR) is 93.8 cm³/mol. The van der Waals surface area contributed by atoms with Gasteiger partial charge in [0.25, 0.3) is 0 Å². The number of carboxylic acids is 1. The molecular weight excluding hydrogens is 340 g/mol. The Balaban J connectivity index is 2.24. The lowest BCUT2D eigenvalue weighted by atomic mass is 9.78. The molecule has 2 aromatic rings. The molecule has 0 radical (unpaired) electrons. The average Bonchev–Trinajstić information content (AvgIpc) is 2.62. The fourth-order valence-electron chi connectivity index (χ4n) is 2.99. The number of nitrogens with one attached hydrogen (secondary N) is 1. The van der Waals surface area contributed by atoms with Crippen molar-refractivity contribution >= 4 is 11.9 Å². The van der Waals surface area contributed by atoms with Gasteiger partial charge in [-0.3, -0.25) is 9.59 Å². The van der Waals surface area contributed by atoms with Crippen LogP contribution in [0.15, 0.2) is 48.5 Å². The van der Waals surface area contributed by atoms with Crippen molar-refractivity contribution in [2.75, 3.05) is 6.54 Å². The number of hydrogen-bond acceptors (Lipinski definition) is 2. The molecule has 0 aliphatic rings. The minimum Gasteiger partial charge on any atom is -0.481 e. The molecule has 6 heteroatoms. The Morgan fingerprint density at radius 3 is 2.15 bits per heavy atom. The number of carboxylic acid groups (broad SMARTS) is 1. The Morgan fingerprint density at radius 2 is 1.65 bits per heavy atom. The highest BCUT2D eigenvalue weighted by molar-refractivity contribution is 5.86. The lowest BCUT2D eigenvalue weighted by Crippen LogP contribution is -2.47. The molecule has 0 aliphatic carbocycles. The molecule has 4 nitrogen and oxygen atoms in total. The summed E-state index contributed by atoms with van der Waals surface area (Å²) in [5, 5.41) is 12.3. The summed E-state index contributed by atoms with van der Waals surface area (Å²) in [7, 11) is 0. The van der Waals surface area contributed by atoms with E-state index in [1.165, 1.54) is 13.0 Å². The number of amides is 1. The molecule has 2 unspecified atom stereocenters. The third-order valence-corrected chi connectivity index (χ3v) is 4.73. The summed E-state index contributed by atoms with van der Waals surface area (Å²) >= 11 is 0. The highest BCUT2D eigenvalue weighted by Gasteiger charge is 2.39. The largest absolute Gasteiger partial charge is 0.481 e. The molecule has 0 heterocycles. The Kier molecular flexibility index (Phi) is 6.08. The first-order chi connectivity index (χ1) is 12.3. The smallest absolute Gasteiger partial charge is 0.315 e. The second-order valence-corrected chi connectivity index (χ2v) is 6.18. The maximum atomic E-state index is 13.9. The molecular formula is C20H21F2NO3. The van der Waals surface area contributed by atoms with E-state index < -0.39 is 34.8 Å². The van der Waals surface area contributed by atoms with Crippen LogP contribution in [0.5, 0.6) is 0 Å². The van der Waals surface area contributed by atoms with Crippen molar-refractivity contribution in [1.82, 2.24) is 5.32 Å². The molecule has 2 aromatic carbocycles. The SMILES string of the molecule is CCC(CNC(=O)C(C)c1c(F)cccc1F)(C(=O)O)c1ccccc1. The van der Waals surface area contributed by atoms with Crippen LogP contribution in [-0.4, -0.2) is 23.5 Å². The standard InChI is InChI=1S/C20H21F2NO3/c1-3-20(19(25)26,14-8-5-4-6-9-14)12-23-18(24)13(2)17-15(21)10-7-11-16(17)22/h4-11,13H,3,12H2,1-2H3,(H,23,24)(H,25,26). The highest BCUT2D eigenvalue weighted by atomic mass is 19.1. The summed E-state index contributed by atoms with van der Waals surface area (Å²) < 4.78 is 27.8. The average molecular weight is 361 g/mol. The number of benzene rings is 2. The summed E-state index contributed by atoms with van der Waals surface area (Å²) in [6, 6.07) is 12.0. The second-order valence-electron chi connectivity index (χ2n) is 6.18. The molecule has 26 heavy (non-hydrogen) atoms. The molecule has 1 amide bonds. The van der Waals surface area contributed by atoms with Crippen molar-refractivity contribution in [2.24, 2.45) is 0 Å². The van der Waals surface area contributed by atoms with Gasteiger partial charge in [0.1, 0.15) is 17.0 Å². The Hall–Kier alpha value is -2.76. The van der Waals surface area contributed by atoms with Gasteiger partial charge < -0.3 is 10.4 Å². The minimum absolute atomic E-state index is 0.178. The predicted octanol–water partition coefficient (Wildman–Crippen LogP) is 3.62. The summed E-state index contributed by atoms with van der Waals surface area (Å²) in [5.74, 6) is -4.41. The van der Waals surface area contributed by atoms with Gasteiger partial charge in [-0.15, -0.1) is 0 Å². The van der Waals surface area contributed by atoms with Crippen molar-refractivity contribution < 1.29 is 23.5 Å². The maximum Gasteiger partial charge on any atom is 0.315 e. The van der Waals surface area contributed by atoms with Crippen molar-refractivity contribution in [3.63, 3.8) is 0 Å². The van der Waals surface area contributed by atoms with E-state index in [2.05, 4.69) is 5.32 Å². The molecule has 2 N–H and O–H groups in total. The Bertz CT molecular complexity index is 775. The van der Waals surface area contributed by atoms with E-state index in [1.54, 1.807) is 37.3 Å². The first-order valence-electron chi connectivity index (χ1n) is 8.34. The summed E-state index contributed by atoms with van der Waals surface area (Å²) in [6.07, 6.45) is 0.245. The number of carbonyl (C=O) groups excluding carboxylic acids is 1. The van der Waals surface area contributed by atoms with Crippen molar-refractivity contribution in [3.8, 4) is 0 Å². The lowest BCUT2D eigenvalue weighted by Gasteiger charge is -2.29. The number of rotatable bonds is 7. The molecule has 138 valence electrons. The molecule has 0 aliphatic heterocycles. The zero-order valence-electron chi connectivity index (χ0n) is 14.6. The molecule has 0 bridgehead atoms. The van der Waals surface area contributed by atoms with Gasteiger partial charge in [0.15, 0.2) is 0 Å². The van der Waals surface area contributed by atoms with E-state index in [1.807, 2.05) is 0 Å². The van der Waals surface area contributed by atoms with Crippen LogP contribution in [0.2, 0.25) is 0 Å². The lowest BCUT2D eigenvalue weighted by molar-refractivity contribution is -0.144. The van der Waals surface area contributed by atoms with Gasteiger partial charge in [-0.05, 0) is 31.0 Å². The molecule has 0 spiro atoms. The number of carbonyl (C=O) groups is 2. The van der Waals surface area contributed by atoms with Crippen LogP contribution in [0.3, 0.4) is 0 Å². The first-order valence-corrected chi connectivity index (χ1v) is 8.34. The molecule has 2 rings (SSSR count). The van der Waals surface area contributed by atoms with Gasteiger partial charge >= 0.3 is 5.97 Å². The van der Waals surface area contributed by atoms with Crippen LogP contribution < -0.4 is 5.32 Å². The van der Waals surface area contributed by atoms with E-state index in [0.717, 1.165) is 12.1 Å². The fraction of sp³-hybridized carbons (Fsp3) is 0.300. The normalized spacial score (nSPS) is 14.3. The number of aliphatic carboxylic acids is 1. The van der Waals surface area contributed by atoms with E-state index in [-0.39, 0.29) is 18.5 Å². The van der Waals surface area contributed by atoms with Crippen molar-refractivity contribution in [3.05, 3.63) is 71.3 Å². The quantitative estimate of drug-likeness (QED) is 0.792. The minimum atomic E-state index is -1.32. The van der Waals surface area contributed by atoms with Gasteiger partial charge in [-0.25, -0.2) is 8.78 Å². The fourth-order valence-corrected chi connectivity index (χ4v) is 2.99. The summed E-state index contributed by atoms with van der Waals surface area (Å²) in [6.45, 7) is 2.92. The molecule has 0 saturated heterocycles. The van der Waals surface area contributed by atoms with Gasteiger partial charge in [0.2, 0.25) is 5.91 Å². The third kappa shape index (κ3) is 3.74. The zero-order chi connectivity index (χ0) is 19.3. The Labute approximate surface area is 150 Å². The number of halogens is 2.